The number of ether oxygens (including phenoxy) is 2. The normalized spacial score (nSPS) is 15.5. The van der Waals surface area contributed by atoms with E-state index in [0.29, 0.717) is 11.5 Å². The van der Waals surface area contributed by atoms with Gasteiger partial charge in [-0.1, -0.05) is 0 Å². The highest BCUT2D eigenvalue weighted by Crippen LogP contribution is 2.32. The monoisotopic (exact) mass is 334 g/mol. The topological polar surface area (TPSA) is 138 Å². The minimum Gasteiger partial charge on any atom is -0.595 e. The van der Waals surface area contributed by atoms with Crippen molar-refractivity contribution in [2.75, 3.05) is 12.2 Å². The van der Waals surface area contributed by atoms with Gasteiger partial charge in [0.15, 0.2) is 22.9 Å². The fourth-order valence-electron chi connectivity index (χ4n) is 2.12. The zero-order chi connectivity index (χ0) is 17.1. The van der Waals surface area contributed by atoms with Gasteiger partial charge < -0.3 is 19.9 Å². The van der Waals surface area contributed by atoms with Crippen molar-refractivity contribution in [1.82, 2.24) is 0 Å². The van der Waals surface area contributed by atoms with E-state index in [-0.39, 0.29) is 23.9 Å². The Morgan fingerprint density at radius 3 is 2.58 bits per heavy atom. The molecule has 2 aromatic rings. The summed E-state index contributed by atoms with van der Waals surface area (Å²) in [5.74, 6) is 1.26. The molecule has 0 amide bonds. The molecule has 1 aliphatic heterocycles. The van der Waals surface area contributed by atoms with Crippen LogP contribution in [0.3, 0.4) is 0 Å². The number of nitrogens with zero attached hydrogens (tertiary/aromatic N) is 1. The Bertz CT molecular complexity index is 765. The van der Waals surface area contributed by atoms with Gasteiger partial charge in [-0.25, -0.2) is 10.4 Å². The zero-order valence-electron chi connectivity index (χ0n) is 12.2. The number of hydrogen-bond donors (Lipinski definition) is 5. The number of quaternary nitrogens is 2. The van der Waals surface area contributed by atoms with E-state index in [9.17, 15) is 15.6 Å². The van der Waals surface area contributed by atoms with E-state index in [0.717, 1.165) is 11.6 Å². The Morgan fingerprint density at radius 1 is 1.04 bits per heavy atom. The first kappa shape index (κ1) is 16.1. The fraction of sp³-hybridized carbons (Fsp3) is 0.0714. The highest BCUT2D eigenvalue weighted by Gasteiger charge is 2.14. The first-order chi connectivity index (χ1) is 11.5. The SMILES string of the molecule is [O-][NH+](O)c1ccc(NN=Cc2ccc3c(c2)OCO3)c([NH+]([O-])O)c1. The molecule has 1 aliphatic rings. The molecule has 0 saturated carbocycles. The van der Waals surface area contributed by atoms with Crippen LogP contribution in [-0.4, -0.2) is 23.4 Å². The second-order valence-electron chi connectivity index (χ2n) is 4.85. The predicted molar refractivity (Wildman–Crippen MR) is 81.8 cm³/mol. The summed E-state index contributed by atoms with van der Waals surface area (Å²) in [5, 5.41) is 41.8. The molecule has 1 heterocycles. The lowest BCUT2D eigenvalue weighted by molar-refractivity contribution is -0.996. The molecule has 0 fully saturated rings. The summed E-state index contributed by atoms with van der Waals surface area (Å²) in [6.45, 7) is 0.173. The zero-order valence-corrected chi connectivity index (χ0v) is 12.2. The van der Waals surface area contributed by atoms with Gasteiger partial charge in [0.2, 0.25) is 6.79 Å². The summed E-state index contributed by atoms with van der Waals surface area (Å²) in [4.78, 5) is 0. The molecule has 2 aromatic carbocycles. The first-order valence-electron chi connectivity index (χ1n) is 6.84. The summed E-state index contributed by atoms with van der Waals surface area (Å²) in [7, 11) is 0. The molecule has 126 valence electrons. The summed E-state index contributed by atoms with van der Waals surface area (Å²) in [6.07, 6.45) is 1.48. The Labute approximate surface area is 135 Å². The summed E-state index contributed by atoms with van der Waals surface area (Å²) in [6, 6.07) is 8.97. The lowest BCUT2D eigenvalue weighted by Crippen LogP contribution is -3.00. The van der Waals surface area contributed by atoms with E-state index >= 15 is 0 Å². The molecular formula is C14H14N4O6. The van der Waals surface area contributed by atoms with E-state index < -0.39 is 10.5 Å². The van der Waals surface area contributed by atoms with Gasteiger partial charge in [-0.15, -0.1) is 0 Å². The van der Waals surface area contributed by atoms with Crippen molar-refractivity contribution in [2.45, 2.75) is 0 Å². The molecule has 0 saturated heterocycles. The molecule has 3 rings (SSSR count). The van der Waals surface area contributed by atoms with E-state index in [1.165, 1.54) is 18.3 Å². The molecular weight excluding hydrogens is 320 g/mol. The Kier molecular flexibility index (Phi) is 4.57. The van der Waals surface area contributed by atoms with E-state index in [1.54, 1.807) is 18.2 Å². The molecule has 2 unspecified atom stereocenters. The maximum Gasteiger partial charge on any atom is 0.231 e. The van der Waals surface area contributed by atoms with Gasteiger partial charge in [-0.05, 0) is 29.8 Å². The van der Waals surface area contributed by atoms with Gasteiger partial charge in [0, 0.05) is 6.07 Å². The number of anilines is 1. The van der Waals surface area contributed by atoms with Crippen LogP contribution < -0.4 is 25.4 Å². The number of rotatable bonds is 5. The minimum absolute atomic E-state index is 0.113. The van der Waals surface area contributed by atoms with Crippen molar-refractivity contribution < 1.29 is 30.3 Å². The van der Waals surface area contributed by atoms with Gasteiger partial charge in [-0.2, -0.15) is 15.6 Å². The molecule has 0 bridgehead atoms. The van der Waals surface area contributed by atoms with Crippen molar-refractivity contribution in [3.05, 3.63) is 52.4 Å². The summed E-state index contributed by atoms with van der Waals surface area (Å²) in [5.41, 5.74) is 3.22. The van der Waals surface area contributed by atoms with E-state index in [2.05, 4.69) is 10.5 Å². The molecule has 0 spiro atoms. The standard InChI is InChI=1S/C14H14N4O6/c19-17(20)10-2-3-11(12(6-10)18(21)22)16-15-7-9-1-4-13-14(5-9)24-8-23-13/h1-7,16-19,21H,8H2. The van der Waals surface area contributed by atoms with Crippen LogP contribution in [0.15, 0.2) is 41.5 Å². The molecule has 0 aromatic heterocycles. The van der Waals surface area contributed by atoms with Crippen LogP contribution in [0.25, 0.3) is 0 Å². The van der Waals surface area contributed by atoms with Crippen LogP contribution in [0, 0.1) is 10.4 Å². The van der Waals surface area contributed by atoms with Crippen molar-refractivity contribution in [1.29, 1.82) is 0 Å². The molecule has 10 heteroatoms. The van der Waals surface area contributed by atoms with E-state index in [1.807, 2.05) is 0 Å². The van der Waals surface area contributed by atoms with Gasteiger partial charge in [0.1, 0.15) is 5.69 Å². The van der Waals surface area contributed by atoms with E-state index in [4.69, 9.17) is 14.7 Å². The van der Waals surface area contributed by atoms with Crippen molar-refractivity contribution in [2.24, 2.45) is 5.10 Å². The molecule has 10 nitrogen and oxygen atoms in total. The Balaban J connectivity index is 1.76. The quantitative estimate of drug-likeness (QED) is 0.373. The number of fused-ring (bicyclic) bond motifs is 1. The van der Waals surface area contributed by atoms with Gasteiger partial charge >= 0.3 is 0 Å². The Hall–Kier alpha value is -2.73. The van der Waals surface area contributed by atoms with Gasteiger partial charge in [0.05, 0.1) is 12.3 Å². The average molecular weight is 334 g/mol. The number of benzene rings is 2. The summed E-state index contributed by atoms with van der Waals surface area (Å²) >= 11 is 0. The maximum atomic E-state index is 11.2. The lowest BCUT2D eigenvalue weighted by Gasteiger charge is -2.17. The van der Waals surface area contributed by atoms with Crippen LogP contribution in [0.4, 0.5) is 17.1 Å². The van der Waals surface area contributed by atoms with Crippen LogP contribution in [0.1, 0.15) is 5.56 Å². The van der Waals surface area contributed by atoms with Crippen LogP contribution in [0.5, 0.6) is 11.5 Å². The predicted octanol–water partition coefficient (Wildman–Crippen LogP) is -0.332. The first-order valence-corrected chi connectivity index (χ1v) is 6.84. The third-order valence-corrected chi connectivity index (χ3v) is 3.29. The highest BCUT2D eigenvalue weighted by atomic mass is 16.8. The van der Waals surface area contributed by atoms with Crippen molar-refractivity contribution >= 4 is 23.3 Å². The maximum absolute atomic E-state index is 11.2. The number of hydrazone groups is 1. The Morgan fingerprint density at radius 2 is 1.83 bits per heavy atom. The van der Waals surface area contributed by atoms with Crippen LogP contribution in [-0.2, 0) is 0 Å². The summed E-state index contributed by atoms with van der Waals surface area (Å²) < 4.78 is 10.5. The number of nitrogens with one attached hydrogen (secondary N) is 3. The third kappa shape index (κ3) is 3.44. The van der Waals surface area contributed by atoms with Gasteiger partial charge in [-0.3, -0.25) is 5.43 Å². The molecule has 24 heavy (non-hydrogen) atoms. The minimum atomic E-state index is -1.25. The third-order valence-electron chi connectivity index (χ3n) is 3.29. The highest BCUT2D eigenvalue weighted by molar-refractivity contribution is 5.82. The van der Waals surface area contributed by atoms with Crippen molar-refractivity contribution in [3.63, 3.8) is 0 Å². The molecule has 0 aliphatic carbocycles. The largest absolute Gasteiger partial charge is 0.595 e. The average Bonchev–Trinajstić information content (AvgIpc) is 3.02. The lowest BCUT2D eigenvalue weighted by atomic mass is 10.2. The van der Waals surface area contributed by atoms with Gasteiger partial charge in [0.25, 0.3) is 0 Å². The molecule has 0 radical (unpaired) electrons. The van der Waals surface area contributed by atoms with Crippen molar-refractivity contribution in [3.8, 4) is 11.5 Å². The van der Waals surface area contributed by atoms with Crippen LogP contribution in [0.2, 0.25) is 0 Å². The molecule has 5 N–H and O–H groups in total. The fourth-order valence-corrected chi connectivity index (χ4v) is 2.12. The smallest absolute Gasteiger partial charge is 0.231 e. The second-order valence-corrected chi connectivity index (χ2v) is 4.85. The molecule has 2 atom stereocenters. The second kappa shape index (κ2) is 6.80. The van der Waals surface area contributed by atoms with Crippen LogP contribution >= 0.6 is 0 Å². The number of hydrogen-bond acceptors (Lipinski definition) is 8.